The Bertz CT molecular complexity index is 215. The molecule has 1 aromatic rings. The minimum atomic E-state index is 0.224. The number of nitrogens with two attached hydrogens (primary N) is 1. The molecule has 0 saturated carbocycles. The lowest BCUT2D eigenvalue weighted by Crippen LogP contribution is -2.01. The number of aromatic nitrogens is 3. The fourth-order valence-corrected chi connectivity index (χ4v) is 0.543. The van der Waals surface area contributed by atoms with Gasteiger partial charge in [-0.3, -0.25) is 0 Å². The predicted molar refractivity (Wildman–Crippen MR) is 35.0 cm³/mol. The standard InChI is InChI=1S/C5H8N4O/c1-10-2-4-7-3-8-5(6)9-4/h3H,2H2,1H3,(H2,6,7,8,9). The fraction of sp³-hybridized carbons (Fsp3) is 0.400. The molecule has 0 aromatic carbocycles. The van der Waals surface area contributed by atoms with Crippen LogP contribution >= 0.6 is 0 Å². The highest BCUT2D eigenvalue weighted by molar-refractivity contribution is 5.11. The zero-order valence-corrected chi connectivity index (χ0v) is 5.61. The average molecular weight is 140 g/mol. The quantitative estimate of drug-likeness (QED) is 0.605. The summed E-state index contributed by atoms with van der Waals surface area (Å²) in [5.41, 5.74) is 5.27. The highest BCUT2D eigenvalue weighted by Crippen LogP contribution is 1.91. The first kappa shape index (κ1) is 6.88. The van der Waals surface area contributed by atoms with E-state index in [2.05, 4.69) is 15.0 Å². The molecule has 5 nitrogen and oxygen atoms in total. The van der Waals surface area contributed by atoms with Gasteiger partial charge in [-0.05, 0) is 0 Å². The van der Waals surface area contributed by atoms with Crippen LogP contribution in [0.25, 0.3) is 0 Å². The molecule has 0 aliphatic heterocycles. The van der Waals surface area contributed by atoms with E-state index in [0.717, 1.165) is 0 Å². The number of ether oxygens (including phenoxy) is 1. The van der Waals surface area contributed by atoms with Crippen molar-refractivity contribution in [1.82, 2.24) is 15.0 Å². The number of methoxy groups -OCH3 is 1. The van der Waals surface area contributed by atoms with Crippen molar-refractivity contribution in [3.05, 3.63) is 12.2 Å². The van der Waals surface area contributed by atoms with Crippen LogP contribution in [-0.4, -0.2) is 22.1 Å². The van der Waals surface area contributed by atoms with E-state index in [0.29, 0.717) is 12.4 Å². The molecule has 0 spiro atoms. The van der Waals surface area contributed by atoms with Gasteiger partial charge in [0.1, 0.15) is 12.9 Å². The Balaban J connectivity index is 2.75. The van der Waals surface area contributed by atoms with Gasteiger partial charge in [-0.1, -0.05) is 0 Å². The van der Waals surface area contributed by atoms with Crippen LogP contribution in [0.5, 0.6) is 0 Å². The lowest BCUT2D eigenvalue weighted by atomic mass is 10.6. The summed E-state index contributed by atoms with van der Waals surface area (Å²) in [5, 5.41) is 0. The Kier molecular flexibility index (Phi) is 2.11. The Morgan fingerprint density at radius 2 is 2.40 bits per heavy atom. The molecule has 0 radical (unpaired) electrons. The third-order valence-electron chi connectivity index (χ3n) is 0.914. The second-order valence-electron chi connectivity index (χ2n) is 1.69. The summed E-state index contributed by atoms with van der Waals surface area (Å²) < 4.78 is 4.77. The molecule has 5 heteroatoms. The second kappa shape index (κ2) is 3.07. The smallest absolute Gasteiger partial charge is 0.223 e. The van der Waals surface area contributed by atoms with E-state index in [4.69, 9.17) is 10.5 Å². The summed E-state index contributed by atoms with van der Waals surface area (Å²) in [5.74, 6) is 0.775. The van der Waals surface area contributed by atoms with Crippen LogP contribution in [0.4, 0.5) is 5.95 Å². The molecule has 0 amide bonds. The van der Waals surface area contributed by atoms with Gasteiger partial charge in [0.25, 0.3) is 0 Å². The molecule has 2 N–H and O–H groups in total. The lowest BCUT2D eigenvalue weighted by molar-refractivity contribution is 0.177. The Morgan fingerprint density at radius 3 is 3.00 bits per heavy atom. The molecule has 0 aliphatic carbocycles. The van der Waals surface area contributed by atoms with Crippen molar-refractivity contribution in [3.8, 4) is 0 Å². The summed E-state index contributed by atoms with van der Waals surface area (Å²) in [6.07, 6.45) is 1.36. The molecule has 54 valence electrons. The van der Waals surface area contributed by atoms with Gasteiger partial charge in [-0.2, -0.15) is 4.98 Å². The van der Waals surface area contributed by atoms with Crippen LogP contribution in [0.1, 0.15) is 5.82 Å². The van der Waals surface area contributed by atoms with Crippen LogP contribution in [0.15, 0.2) is 6.33 Å². The monoisotopic (exact) mass is 140 g/mol. The van der Waals surface area contributed by atoms with Crippen molar-refractivity contribution in [1.29, 1.82) is 0 Å². The molecule has 1 rings (SSSR count). The normalized spacial score (nSPS) is 9.70. The van der Waals surface area contributed by atoms with E-state index in [1.807, 2.05) is 0 Å². The first-order chi connectivity index (χ1) is 4.83. The van der Waals surface area contributed by atoms with E-state index >= 15 is 0 Å². The van der Waals surface area contributed by atoms with Gasteiger partial charge in [-0.15, -0.1) is 0 Å². The van der Waals surface area contributed by atoms with E-state index in [-0.39, 0.29) is 5.95 Å². The summed E-state index contributed by atoms with van der Waals surface area (Å²) in [6.45, 7) is 0.368. The van der Waals surface area contributed by atoms with Crippen molar-refractivity contribution < 1.29 is 4.74 Å². The highest BCUT2D eigenvalue weighted by atomic mass is 16.5. The number of anilines is 1. The maximum Gasteiger partial charge on any atom is 0.223 e. The molecule has 0 aliphatic rings. The van der Waals surface area contributed by atoms with E-state index in [1.54, 1.807) is 7.11 Å². The van der Waals surface area contributed by atoms with Crippen molar-refractivity contribution in [2.24, 2.45) is 0 Å². The molecule has 10 heavy (non-hydrogen) atoms. The summed E-state index contributed by atoms with van der Waals surface area (Å²) in [4.78, 5) is 11.2. The first-order valence-electron chi connectivity index (χ1n) is 2.75. The van der Waals surface area contributed by atoms with Gasteiger partial charge in [0, 0.05) is 7.11 Å². The first-order valence-corrected chi connectivity index (χ1v) is 2.75. The van der Waals surface area contributed by atoms with Gasteiger partial charge >= 0.3 is 0 Å². The number of rotatable bonds is 2. The van der Waals surface area contributed by atoms with Gasteiger partial charge in [-0.25, -0.2) is 9.97 Å². The fourth-order valence-electron chi connectivity index (χ4n) is 0.543. The number of hydrogen-bond donors (Lipinski definition) is 1. The minimum absolute atomic E-state index is 0.224. The summed E-state index contributed by atoms with van der Waals surface area (Å²) >= 11 is 0. The Hall–Kier alpha value is -1.23. The highest BCUT2D eigenvalue weighted by Gasteiger charge is 1.94. The zero-order chi connectivity index (χ0) is 7.40. The number of hydrogen-bond acceptors (Lipinski definition) is 5. The SMILES string of the molecule is COCc1ncnc(N)n1. The molecule has 0 atom stereocenters. The largest absolute Gasteiger partial charge is 0.377 e. The maximum atomic E-state index is 5.27. The molecule has 0 bridgehead atoms. The zero-order valence-electron chi connectivity index (χ0n) is 5.61. The Labute approximate surface area is 58.3 Å². The molecule has 0 saturated heterocycles. The van der Waals surface area contributed by atoms with Gasteiger partial charge in [0.05, 0.1) is 0 Å². The molecule has 0 unspecified atom stereocenters. The van der Waals surface area contributed by atoms with Crippen LogP contribution in [0.2, 0.25) is 0 Å². The van der Waals surface area contributed by atoms with Gasteiger partial charge in [0.15, 0.2) is 5.82 Å². The predicted octanol–water partition coefficient (Wildman–Crippen LogP) is -0.400. The van der Waals surface area contributed by atoms with Crippen LogP contribution < -0.4 is 5.73 Å². The van der Waals surface area contributed by atoms with E-state index < -0.39 is 0 Å². The Morgan fingerprint density at radius 1 is 1.60 bits per heavy atom. The molecule has 1 aromatic heterocycles. The van der Waals surface area contributed by atoms with Crippen LogP contribution in [-0.2, 0) is 11.3 Å². The molecule has 1 heterocycles. The number of nitrogen functional groups attached to an aromatic ring is 1. The molecular formula is C5H8N4O. The average Bonchev–Trinajstić information content (AvgIpc) is 1.88. The van der Waals surface area contributed by atoms with Crippen molar-refractivity contribution in [3.63, 3.8) is 0 Å². The summed E-state index contributed by atoms with van der Waals surface area (Å²) in [7, 11) is 1.57. The van der Waals surface area contributed by atoms with Crippen LogP contribution in [0.3, 0.4) is 0 Å². The van der Waals surface area contributed by atoms with Gasteiger partial charge in [0.2, 0.25) is 5.95 Å². The van der Waals surface area contributed by atoms with E-state index in [9.17, 15) is 0 Å². The second-order valence-corrected chi connectivity index (χ2v) is 1.69. The number of nitrogens with zero attached hydrogens (tertiary/aromatic N) is 3. The van der Waals surface area contributed by atoms with Crippen molar-refractivity contribution in [2.45, 2.75) is 6.61 Å². The van der Waals surface area contributed by atoms with E-state index in [1.165, 1.54) is 6.33 Å². The van der Waals surface area contributed by atoms with Crippen molar-refractivity contribution in [2.75, 3.05) is 12.8 Å². The minimum Gasteiger partial charge on any atom is -0.377 e. The third kappa shape index (κ3) is 1.63. The van der Waals surface area contributed by atoms with Gasteiger partial charge < -0.3 is 10.5 Å². The summed E-state index contributed by atoms with van der Waals surface area (Å²) in [6, 6.07) is 0. The van der Waals surface area contributed by atoms with Crippen LogP contribution in [0, 0.1) is 0 Å². The lowest BCUT2D eigenvalue weighted by Gasteiger charge is -1.95. The topological polar surface area (TPSA) is 73.9 Å². The van der Waals surface area contributed by atoms with Crippen molar-refractivity contribution >= 4 is 5.95 Å². The maximum absolute atomic E-state index is 5.27. The third-order valence-corrected chi connectivity index (χ3v) is 0.914. The molecular weight excluding hydrogens is 132 g/mol. The molecule has 0 fully saturated rings.